The number of aryl methyl sites for hydroxylation is 1. The zero-order chi connectivity index (χ0) is 23.3. The summed E-state index contributed by atoms with van der Waals surface area (Å²) in [5.41, 5.74) is 9.10. The van der Waals surface area contributed by atoms with Crippen LogP contribution in [0.4, 0.5) is 16.0 Å². The summed E-state index contributed by atoms with van der Waals surface area (Å²) in [5.74, 6) is 2.35. The van der Waals surface area contributed by atoms with Crippen molar-refractivity contribution in [3.8, 4) is 11.5 Å². The van der Waals surface area contributed by atoms with Crippen LogP contribution in [0.15, 0.2) is 24.3 Å². The van der Waals surface area contributed by atoms with E-state index in [-0.39, 0.29) is 18.0 Å². The number of hydrogen-bond donors (Lipinski definition) is 1. The number of hydrogen-bond acceptors (Lipinski definition) is 7. The van der Waals surface area contributed by atoms with Gasteiger partial charge in [-0.25, -0.2) is 14.4 Å². The summed E-state index contributed by atoms with van der Waals surface area (Å²) >= 11 is 0. The summed E-state index contributed by atoms with van der Waals surface area (Å²) < 4.78 is 15.4. The fraction of sp³-hybridized carbons (Fsp3) is 0.435. The molecule has 2 N–H and O–H groups in total. The number of alkyl halides is 1. The number of nitrogens with two attached hydrogens (primary N) is 1. The van der Waals surface area contributed by atoms with Gasteiger partial charge in [-0.2, -0.15) is 0 Å². The van der Waals surface area contributed by atoms with Crippen LogP contribution in [0.25, 0.3) is 11.5 Å². The largest absolute Gasteiger partial charge is 0.363 e. The Morgan fingerprint density at radius 3 is 2.82 bits per heavy atom. The maximum absolute atomic E-state index is 13.5. The molecule has 33 heavy (non-hydrogen) atoms. The van der Waals surface area contributed by atoms with Crippen LogP contribution in [0.3, 0.4) is 0 Å². The molecular weight excluding hydrogens is 423 g/mol. The third-order valence-corrected chi connectivity index (χ3v) is 6.43. The van der Waals surface area contributed by atoms with Gasteiger partial charge in [0.15, 0.2) is 5.82 Å². The molecular formula is C23H27FN8O. The van der Waals surface area contributed by atoms with E-state index >= 15 is 0 Å². The molecule has 2 aliphatic heterocycles. The molecule has 1 amide bonds. The molecule has 0 fully saturated rings. The Morgan fingerprint density at radius 2 is 2.09 bits per heavy atom. The number of nitrogens with zero attached hydrogens (tertiary/aromatic N) is 7. The highest BCUT2D eigenvalue weighted by molar-refractivity contribution is 6.10. The molecule has 0 aliphatic carbocycles. The topological polar surface area (TPSA) is 106 Å². The van der Waals surface area contributed by atoms with Gasteiger partial charge in [0, 0.05) is 32.1 Å². The number of carbonyl (C=O) groups excluding carboxylic acids is 1. The predicted molar refractivity (Wildman–Crippen MR) is 123 cm³/mol. The van der Waals surface area contributed by atoms with E-state index in [1.807, 2.05) is 48.7 Å². The van der Waals surface area contributed by atoms with E-state index in [0.29, 0.717) is 54.5 Å². The second-order valence-electron chi connectivity index (χ2n) is 8.73. The Balaban J connectivity index is 1.53. The van der Waals surface area contributed by atoms with Crippen molar-refractivity contribution in [2.75, 3.05) is 30.6 Å². The van der Waals surface area contributed by atoms with Crippen LogP contribution >= 0.6 is 0 Å². The molecule has 2 atom stereocenters. The fourth-order valence-corrected chi connectivity index (χ4v) is 4.55. The van der Waals surface area contributed by atoms with Gasteiger partial charge in [0.05, 0.1) is 23.8 Å². The van der Waals surface area contributed by atoms with Crippen LogP contribution in [-0.4, -0.2) is 51.4 Å². The molecule has 3 aromatic rings. The van der Waals surface area contributed by atoms with Crippen molar-refractivity contribution in [3.05, 3.63) is 46.9 Å². The molecule has 0 bridgehead atoms. The molecule has 5 rings (SSSR count). The van der Waals surface area contributed by atoms with Crippen LogP contribution in [0.1, 0.15) is 59.3 Å². The average Bonchev–Trinajstić information content (AvgIpc) is 3.52. The van der Waals surface area contributed by atoms with E-state index in [1.54, 1.807) is 11.0 Å². The van der Waals surface area contributed by atoms with Gasteiger partial charge in [0.25, 0.3) is 5.91 Å². The molecule has 10 heteroatoms. The zero-order valence-corrected chi connectivity index (χ0v) is 19.0. The maximum Gasteiger partial charge on any atom is 0.260 e. The lowest BCUT2D eigenvalue weighted by Gasteiger charge is -2.18. The van der Waals surface area contributed by atoms with Crippen molar-refractivity contribution in [1.82, 2.24) is 24.7 Å². The Labute approximate surface area is 191 Å². The van der Waals surface area contributed by atoms with Gasteiger partial charge >= 0.3 is 0 Å². The predicted octanol–water partition coefficient (Wildman–Crippen LogP) is 2.83. The normalized spacial score (nSPS) is 17.9. The first-order valence-electron chi connectivity index (χ1n) is 11.2. The van der Waals surface area contributed by atoms with Crippen LogP contribution < -0.4 is 15.5 Å². The molecule has 0 saturated carbocycles. The van der Waals surface area contributed by atoms with Gasteiger partial charge in [-0.05, 0) is 31.0 Å². The standard InChI is InChI=1S/C23H27FN8O/c1-4-16(25)21-15-12-31(23(33)14(15)10-20(27-21)30(2)3)18-7-5-6-17(26-18)22-29-28-19-9-8-13(11-24)32(19)22/h5-7,10,13,16H,4,8-9,11-12,25H2,1-3H3/t13-,16-/m1/s1. The fourth-order valence-electron chi connectivity index (χ4n) is 4.55. The van der Waals surface area contributed by atoms with Gasteiger partial charge in [-0.1, -0.05) is 13.0 Å². The number of amides is 1. The number of pyridine rings is 2. The second kappa shape index (κ2) is 8.18. The SMILES string of the molecule is CC[C@@H](N)c1nc(N(C)C)cc2c1CN(c1cccc(-c3nnc4n3[C@@H](CF)CC4)n1)C2=O. The van der Waals surface area contributed by atoms with E-state index < -0.39 is 6.67 Å². The summed E-state index contributed by atoms with van der Waals surface area (Å²) in [6.45, 7) is 1.88. The van der Waals surface area contributed by atoms with Crippen molar-refractivity contribution >= 4 is 17.5 Å². The number of carbonyl (C=O) groups is 1. The molecule has 0 aromatic carbocycles. The molecule has 3 aromatic heterocycles. The van der Waals surface area contributed by atoms with E-state index in [1.165, 1.54) is 0 Å². The lowest BCUT2D eigenvalue weighted by molar-refractivity contribution is 0.0996. The van der Waals surface area contributed by atoms with Crippen molar-refractivity contribution in [2.24, 2.45) is 5.73 Å². The maximum atomic E-state index is 13.5. The Kier molecular flexibility index (Phi) is 5.32. The van der Waals surface area contributed by atoms with Crippen molar-refractivity contribution in [3.63, 3.8) is 0 Å². The van der Waals surface area contributed by atoms with Gasteiger partial charge in [0.2, 0.25) is 0 Å². The molecule has 0 spiro atoms. The van der Waals surface area contributed by atoms with Crippen molar-refractivity contribution in [1.29, 1.82) is 0 Å². The zero-order valence-electron chi connectivity index (χ0n) is 19.0. The van der Waals surface area contributed by atoms with E-state index in [0.717, 1.165) is 17.1 Å². The van der Waals surface area contributed by atoms with Crippen LogP contribution in [0.5, 0.6) is 0 Å². The molecule has 0 saturated heterocycles. The summed E-state index contributed by atoms with van der Waals surface area (Å²) in [7, 11) is 3.78. The minimum Gasteiger partial charge on any atom is -0.363 e. The lowest BCUT2D eigenvalue weighted by atomic mass is 10.0. The third kappa shape index (κ3) is 3.45. The average molecular weight is 451 g/mol. The smallest absolute Gasteiger partial charge is 0.260 e. The van der Waals surface area contributed by atoms with Crippen LogP contribution in [-0.2, 0) is 13.0 Å². The summed E-state index contributed by atoms with van der Waals surface area (Å²) in [6.07, 6.45) is 2.12. The Morgan fingerprint density at radius 1 is 1.27 bits per heavy atom. The van der Waals surface area contributed by atoms with E-state index in [2.05, 4.69) is 10.2 Å². The monoisotopic (exact) mass is 450 g/mol. The lowest BCUT2D eigenvalue weighted by Crippen LogP contribution is -2.24. The quantitative estimate of drug-likeness (QED) is 0.615. The Bertz CT molecular complexity index is 1220. The van der Waals surface area contributed by atoms with E-state index in [9.17, 15) is 9.18 Å². The number of halogens is 1. The highest BCUT2D eigenvalue weighted by atomic mass is 19.1. The molecule has 9 nitrogen and oxygen atoms in total. The molecule has 5 heterocycles. The Hall–Kier alpha value is -3.40. The van der Waals surface area contributed by atoms with Gasteiger partial charge in [-0.15, -0.1) is 10.2 Å². The minimum absolute atomic E-state index is 0.141. The highest BCUT2D eigenvalue weighted by Crippen LogP contribution is 2.35. The summed E-state index contributed by atoms with van der Waals surface area (Å²) in [5, 5.41) is 8.47. The van der Waals surface area contributed by atoms with Gasteiger partial charge in [0.1, 0.15) is 29.8 Å². The second-order valence-corrected chi connectivity index (χ2v) is 8.73. The van der Waals surface area contributed by atoms with Crippen LogP contribution in [0, 0.1) is 0 Å². The molecule has 2 aliphatic rings. The van der Waals surface area contributed by atoms with Gasteiger partial charge < -0.3 is 15.2 Å². The molecule has 0 radical (unpaired) electrons. The minimum atomic E-state index is -0.473. The van der Waals surface area contributed by atoms with Gasteiger partial charge in [-0.3, -0.25) is 9.69 Å². The van der Waals surface area contributed by atoms with E-state index in [4.69, 9.17) is 15.7 Å². The molecule has 172 valence electrons. The highest BCUT2D eigenvalue weighted by Gasteiger charge is 2.35. The summed E-state index contributed by atoms with van der Waals surface area (Å²) in [4.78, 5) is 26.4. The third-order valence-electron chi connectivity index (χ3n) is 6.43. The summed E-state index contributed by atoms with van der Waals surface area (Å²) in [6, 6.07) is 6.71. The molecule has 0 unspecified atom stereocenters. The number of aromatic nitrogens is 5. The first-order chi connectivity index (χ1) is 15.9. The number of anilines is 2. The first-order valence-corrected chi connectivity index (χ1v) is 11.2. The first kappa shape index (κ1) is 21.4. The number of fused-ring (bicyclic) bond motifs is 2. The number of rotatable bonds is 6. The van der Waals surface area contributed by atoms with Crippen molar-refractivity contribution < 1.29 is 9.18 Å². The van der Waals surface area contributed by atoms with Crippen LogP contribution in [0.2, 0.25) is 0 Å². The van der Waals surface area contributed by atoms with Crippen molar-refractivity contribution in [2.45, 2.75) is 44.8 Å².